The van der Waals surface area contributed by atoms with Gasteiger partial charge in [-0.1, -0.05) is 19.0 Å². The van der Waals surface area contributed by atoms with E-state index < -0.39 is 0 Å². The lowest BCUT2D eigenvalue weighted by atomic mass is 10.1. The van der Waals surface area contributed by atoms with Gasteiger partial charge in [-0.15, -0.1) is 0 Å². The van der Waals surface area contributed by atoms with Gasteiger partial charge in [0.15, 0.2) is 5.84 Å². The molecule has 0 atom stereocenters. The number of hydrogen-bond acceptors (Lipinski definition) is 5. The molecule has 20 heavy (non-hydrogen) atoms. The van der Waals surface area contributed by atoms with Crippen LogP contribution in [0.15, 0.2) is 17.4 Å². The molecule has 0 radical (unpaired) electrons. The molecule has 1 rings (SSSR count). The lowest BCUT2D eigenvalue weighted by Gasteiger charge is -2.32. The van der Waals surface area contributed by atoms with Gasteiger partial charge in [-0.2, -0.15) is 0 Å². The van der Waals surface area contributed by atoms with Gasteiger partial charge >= 0.3 is 0 Å². The summed E-state index contributed by atoms with van der Waals surface area (Å²) in [4.78, 5) is 6.42. The van der Waals surface area contributed by atoms with E-state index in [1.807, 2.05) is 17.9 Å². The molecule has 1 heterocycles. The van der Waals surface area contributed by atoms with Crippen LogP contribution in [0.5, 0.6) is 0 Å². The van der Waals surface area contributed by atoms with E-state index in [2.05, 4.69) is 24.0 Å². The smallest absolute Gasteiger partial charge is 0.174 e. The average molecular weight is 280 g/mol. The molecule has 1 aromatic heterocycles. The summed E-state index contributed by atoms with van der Waals surface area (Å²) in [6, 6.07) is 2.07. The Labute approximate surface area is 119 Å². The maximum Gasteiger partial charge on any atom is 0.174 e. The molecule has 0 aliphatic carbocycles. The number of aromatic nitrogens is 1. The van der Waals surface area contributed by atoms with Gasteiger partial charge in [-0.3, -0.25) is 0 Å². The number of hydrogen-bond donors (Lipinski definition) is 3. The summed E-state index contributed by atoms with van der Waals surface area (Å²) in [5.74, 6) is 0.697. The largest absolute Gasteiger partial charge is 0.409 e. The number of aryl methyl sites for hydroxylation is 1. The summed E-state index contributed by atoms with van der Waals surface area (Å²) in [6.07, 6.45) is 3.56. The molecule has 0 fully saturated rings. The standard InChI is InChI=1S/C14H24N4O2/c1-4-11(5-2)18(8-9-19)14-12(13(15)17-20)10(3)6-7-16-14/h6-7,11,19-20H,4-5,8-9H2,1-3H3,(H2,15,17). The monoisotopic (exact) mass is 280 g/mol. The second-order valence-electron chi connectivity index (χ2n) is 4.70. The fourth-order valence-corrected chi connectivity index (χ4v) is 2.43. The Hall–Kier alpha value is -1.82. The van der Waals surface area contributed by atoms with Crippen molar-refractivity contribution in [2.75, 3.05) is 18.1 Å². The van der Waals surface area contributed by atoms with Crippen molar-refractivity contribution in [1.29, 1.82) is 0 Å². The number of nitrogens with two attached hydrogens (primary N) is 1. The minimum Gasteiger partial charge on any atom is -0.409 e. The van der Waals surface area contributed by atoms with E-state index in [-0.39, 0.29) is 18.5 Å². The maximum atomic E-state index is 9.31. The van der Waals surface area contributed by atoms with Crippen LogP contribution in [0.2, 0.25) is 0 Å². The molecule has 1 aromatic rings. The van der Waals surface area contributed by atoms with Crippen LogP contribution in [0.25, 0.3) is 0 Å². The van der Waals surface area contributed by atoms with Crippen molar-refractivity contribution in [1.82, 2.24) is 4.98 Å². The molecule has 0 aliphatic rings. The summed E-state index contributed by atoms with van der Waals surface area (Å²) in [5.41, 5.74) is 7.29. The van der Waals surface area contributed by atoms with Crippen molar-refractivity contribution >= 4 is 11.7 Å². The molecule has 6 heteroatoms. The minimum absolute atomic E-state index is 0.0295. The first kappa shape index (κ1) is 16.2. The zero-order valence-electron chi connectivity index (χ0n) is 12.4. The van der Waals surface area contributed by atoms with Gasteiger partial charge in [0.25, 0.3) is 0 Å². The third-order valence-corrected chi connectivity index (χ3v) is 3.50. The molecule has 0 amide bonds. The fourth-order valence-electron chi connectivity index (χ4n) is 2.43. The van der Waals surface area contributed by atoms with Gasteiger partial charge < -0.3 is 20.9 Å². The molecule has 0 aliphatic heterocycles. The van der Waals surface area contributed by atoms with E-state index in [1.165, 1.54) is 0 Å². The Balaban J connectivity index is 3.36. The molecular formula is C14H24N4O2. The number of oxime groups is 1. The summed E-state index contributed by atoms with van der Waals surface area (Å²) in [6.45, 7) is 6.58. The third kappa shape index (κ3) is 3.39. The van der Waals surface area contributed by atoms with Gasteiger partial charge in [-0.05, 0) is 31.4 Å². The van der Waals surface area contributed by atoms with Crippen molar-refractivity contribution in [3.8, 4) is 0 Å². The Morgan fingerprint density at radius 1 is 1.45 bits per heavy atom. The predicted octanol–water partition coefficient (Wildman–Crippen LogP) is 1.47. The first-order chi connectivity index (χ1) is 9.60. The molecule has 0 bridgehead atoms. The molecule has 0 spiro atoms. The van der Waals surface area contributed by atoms with Crippen molar-refractivity contribution in [2.24, 2.45) is 10.9 Å². The Morgan fingerprint density at radius 2 is 2.10 bits per heavy atom. The number of nitrogens with zero attached hydrogens (tertiary/aromatic N) is 3. The van der Waals surface area contributed by atoms with Crippen LogP contribution in [0.3, 0.4) is 0 Å². The number of aliphatic hydroxyl groups is 1. The molecule has 6 nitrogen and oxygen atoms in total. The number of pyridine rings is 1. The van der Waals surface area contributed by atoms with E-state index in [4.69, 9.17) is 10.9 Å². The highest BCUT2D eigenvalue weighted by Gasteiger charge is 2.22. The van der Waals surface area contributed by atoms with Crippen LogP contribution in [0.1, 0.15) is 37.8 Å². The van der Waals surface area contributed by atoms with E-state index in [9.17, 15) is 5.11 Å². The highest BCUT2D eigenvalue weighted by Crippen LogP contribution is 2.24. The lowest BCUT2D eigenvalue weighted by Crippen LogP contribution is -2.39. The minimum atomic E-state index is 0.0295. The second kappa shape index (κ2) is 7.69. The topological polar surface area (TPSA) is 95.0 Å². The van der Waals surface area contributed by atoms with Crippen LogP contribution in [-0.2, 0) is 0 Å². The molecule has 112 valence electrons. The van der Waals surface area contributed by atoms with E-state index in [0.717, 1.165) is 18.4 Å². The molecular weight excluding hydrogens is 256 g/mol. The zero-order chi connectivity index (χ0) is 15.1. The number of aliphatic hydroxyl groups excluding tert-OH is 1. The molecule has 0 saturated carbocycles. The third-order valence-electron chi connectivity index (χ3n) is 3.50. The van der Waals surface area contributed by atoms with E-state index in [1.54, 1.807) is 6.20 Å². The van der Waals surface area contributed by atoms with Crippen LogP contribution >= 0.6 is 0 Å². The van der Waals surface area contributed by atoms with E-state index in [0.29, 0.717) is 17.9 Å². The SMILES string of the molecule is CCC(CC)N(CCO)c1nccc(C)c1/C(N)=N/O. The Kier molecular flexibility index (Phi) is 6.24. The molecule has 4 N–H and O–H groups in total. The van der Waals surface area contributed by atoms with Gasteiger partial charge in [-0.25, -0.2) is 4.98 Å². The average Bonchev–Trinajstić information content (AvgIpc) is 2.46. The van der Waals surface area contributed by atoms with Crippen LogP contribution < -0.4 is 10.6 Å². The van der Waals surface area contributed by atoms with Gasteiger partial charge in [0.1, 0.15) is 5.82 Å². The van der Waals surface area contributed by atoms with Crippen LogP contribution in [-0.4, -0.2) is 40.3 Å². The quantitative estimate of drug-likeness (QED) is 0.304. The fraction of sp³-hybridized carbons (Fsp3) is 0.571. The molecule has 0 aromatic carbocycles. The predicted molar refractivity (Wildman–Crippen MR) is 80.3 cm³/mol. The summed E-state index contributed by atoms with van der Waals surface area (Å²) >= 11 is 0. The normalized spacial score (nSPS) is 11.9. The lowest BCUT2D eigenvalue weighted by molar-refractivity contribution is 0.295. The van der Waals surface area contributed by atoms with Crippen molar-refractivity contribution < 1.29 is 10.3 Å². The Bertz CT molecular complexity index is 458. The van der Waals surface area contributed by atoms with Gasteiger partial charge in [0, 0.05) is 18.8 Å². The maximum absolute atomic E-state index is 9.31. The zero-order valence-corrected chi connectivity index (χ0v) is 12.4. The van der Waals surface area contributed by atoms with Crippen molar-refractivity contribution in [3.05, 3.63) is 23.4 Å². The molecule has 0 saturated heterocycles. The van der Waals surface area contributed by atoms with E-state index >= 15 is 0 Å². The van der Waals surface area contributed by atoms with Crippen molar-refractivity contribution in [2.45, 2.75) is 39.7 Å². The second-order valence-corrected chi connectivity index (χ2v) is 4.70. The summed E-state index contributed by atoms with van der Waals surface area (Å²) < 4.78 is 0. The number of rotatable bonds is 7. The van der Waals surface area contributed by atoms with Gasteiger partial charge in [0.2, 0.25) is 0 Å². The highest BCUT2D eigenvalue weighted by molar-refractivity contribution is 6.02. The summed E-state index contributed by atoms with van der Waals surface area (Å²) in [5, 5.41) is 21.4. The first-order valence-corrected chi connectivity index (χ1v) is 6.91. The molecule has 0 unspecified atom stereocenters. The number of anilines is 1. The van der Waals surface area contributed by atoms with Crippen LogP contribution in [0, 0.1) is 6.92 Å². The summed E-state index contributed by atoms with van der Waals surface area (Å²) in [7, 11) is 0. The first-order valence-electron chi connectivity index (χ1n) is 6.91. The highest BCUT2D eigenvalue weighted by atomic mass is 16.4. The number of amidine groups is 1. The van der Waals surface area contributed by atoms with Crippen molar-refractivity contribution in [3.63, 3.8) is 0 Å². The van der Waals surface area contributed by atoms with Crippen LogP contribution in [0.4, 0.5) is 5.82 Å². The van der Waals surface area contributed by atoms with Gasteiger partial charge in [0.05, 0.1) is 12.2 Å². The Morgan fingerprint density at radius 3 is 2.60 bits per heavy atom.